The molecule has 1 N–H and O–H groups in total. The van der Waals surface area contributed by atoms with E-state index in [0.717, 1.165) is 5.69 Å². The normalized spacial score (nSPS) is 9.69. The van der Waals surface area contributed by atoms with Crippen molar-refractivity contribution < 1.29 is 0 Å². The molecule has 1 rings (SSSR count). The molecule has 0 unspecified atom stereocenters. The molecule has 13 heavy (non-hydrogen) atoms. The highest BCUT2D eigenvalue weighted by Gasteiger charge is 1.98. The Morgan fingerprint density at radius 2 is 2.23 bits per heavy atom. The van der Waals surface area contributed by atoms with E-state index in [1.165, 1.54) is 5.56 Å². The molecule has 0 radical (unpaired) electrons. The van der Waals surface area contributed by atoms with Crippen LogP contribution in [0.25, 0.3) is 0 Å². The second-order valence-corrected chi connectivity index (χ2v) is 3.29. The molecule has 0 bridgehead atoms. The minimum atomic E-state index is 0.363. The maximum absolute atomic E-state index is 8.39. The number of hydrogen-bond acceptors (Lipinski definition) is 2. The molecule has 0 amide bonds. The van der Waals surface area contributed by atoms with Crippen LogP contribution in [0.3, 0.4) is 0 Å². The second kappa shape index (κ2) is 4.51. The number of rotatable bonds is 3. The summed E-state index contributed by atoms with van der Waals surface area (Å²) in [7, 11) is 0. The molecule has 0 heterocycles. The molecule has 0 aliphatic rings. The summed E-state index contributed by atoms with van der Waals surface area (Å²) in [4.78, 5) is 0. The predicted octanol–water partition coefficient (Wildman–Crippen LogP) is 2.75. The van der Waals surface area contributed by atoms with Crippen LogP contribution in [0.15, 0.2) is 24.3 Å². The number of nitrogens with one attached hydrogen (secondary N) is 1. The van der Waals surface area contributed by atoms with Crippen LogP contribution in [0.4, 0.5) is 5.69 Å². The van der Waals surface area contributed by atoms with Crippen LogP contribution in [0.5, 0.6) is 0 Å². The summed E-state index contributed by atoms with van der Waals surface area (Å²) in [6, 6.07) is 10.2. The second-order valence-electron chi connectivity index (χ2n) is 3.29. The monoisotopic (exact) mass is 174 g/mol. The Labute approximate surface area is 79.2 Å². The lowest BCUT2D eigenvalue weighted by atomic mass is 10.0. The van der Waals surface area contributed by atoms with Gasteiger partial charge in [0, 0.05) is 5.69 Å². The average Bonchev–Trinajstić information content (AvgIpc) is 2.15. The number of benzene rings is 1. The van der Waals surface area contributed by atoms with Crippen molar-refractivity contribution in [3.8, 4) is 6.07 Å². The maximum atomic E-state index is 8.39. The maximum Gasteiger partial charge on any atom is 0.103 e. The summed E-state index contributed by atoms with van der Waals surface area (Å²) in [6.07, 6.45) is 0. The SMILES string of the molecule is CC(C)c1cccc(NCC#N)c1. The molecule has 2 nitrogen and oxygen atoms in total. The van der Waals surface area contributed by atoms with Crippen molar-refractivity contribution >= 4 is 5.69 Å². The van der Waals surface area contributed by atoms with Gasteiger partial charge in [0.05, 0.1) is 6.07 Å². The van der Waals surface area contributed by atoms with Gasteiger partial charge in [-0.05, 0) is 23.6 Å². The molecule has 0 aliphatic carbocycles. The van der Waals surface area contributed by atoms with Crippen LogP contribution in [-0.4, -0.2) is 6.54 Å². The van der Waals surface area contributed by atoms with Crippen molar-refractivity contribution in [2.24, 2.45) is 0 Å². The van der Waals surface area contributed by atoms with E-state index in [4.69, 9.17) is 5.26 Å². The molecule has 0 fully saturated rings. The Morgan fingerprint density at radius 3 is 2.85 bits per heavy atom. The summed E-state index contributed by atoms with van der Waals surface area (Å²) in [5, 5.41) is 11.4. The van der Waals surface area contributed by atoms with Crippen LogP contribution in [-0.2, 0) is 0 Å². The van der Waals surface area contributed by atoms with Gasteiger partial charge in [-0.25, -0.2) is 0 Å². The molecule has 1 aromatic carbocycles. The Bertz CT molecular complexity index is 310. The van der Waals surface area contributed by atoms with Crippen LogP contribution in [0.1, 0.15) is 25.3 Å². The van der Waals surface area contributed by atoms with Gasteiger partial charge in [0.1, 0.15) is 6.54 Å². The highest BCUT2D eigenvalue weighted by Crippen LogP contribution is 2.17. The molecule has 0 saturated heterocycles. The number of nitrogens with zero attached hydrogens (tertiary/aromatic N) is 1. The van der Waals surface area contributed by atoms with Crippen molar-refractivity contribution in [2.75, 3.05) is 11.9 Å². The molecule has 0 atom stereocenters. The summed E-state index contributed by atoms with van der Waals surface area (Å²) >= 11 is 0. The third-order valence-electron chi connectivity index (χ3n) is 1.92. The molecular formula is C11H14N2. The third-order valence-corrected chi connectivity index (χ3v) is 1.92. The number of anilines is 1. The van der Waals surface area contributed by atoms with Gasteiger partial charge in [0.2, 0.25) is 0 Å². The standard InChI is InChI=1S/C11H14N2/c1-9(2)10-4-3-5-11(8-10)13-7-6-12/h3-5,8-9,13H,7H2,1-2H3. The Balaban J connectivity index is 2.75. The molecular weight excluding hydrogens is 160 g/mol. The van der Waals surface area contributed by atoms with Gasteiger partial charge in [0.15, 0.2) is 0 Å². The van der Waals surface area contributed by atoms with Crippen LogP contribution >= 0.6 is 0 Å². The third kappa shape index (κ3) is 2.79. The quantitative estimate of drug-likeness (QED) is 0.715. The summed E-state index contributed by atoms with van der Waals surface area (Å²) in [6.45, 7) is 4.67. The van der Waals surface area contributed by atoms with Gasteiger partial charge in [0.25, 0.3) is 0 Å². The molecule has 2 heteroatoms. The molecule has 1 aromatic rings. The lowest BCUT2D eigenvalue weighted by Gasteiger charge is -2.07. The summed E-state index contributed by atoms with van der Waals surface area (Å²) in [5.41, 5.74) is 2.32. The van der Waals surface area contributed by atoms with Gasteiger partial charge in [-0.1, -0.05) is 26.0 Å². The van der Waals surface area contributed by atoms with E-state index in [2.05, 4.69) is 37.4 Å². The highest BCUT2D eigenvalue weighted by molar-refractivity contribution is 5.46. The summed E-state index contributed by atoms with van der Waals surface area (Å²) < 4.78 is 0. The van der Waals surface area contributed by atoms with Crippen molar-refractivity contribution in [2.45, 2.75) is 19.8 Å². The molecule has 0 aliphatic heterocycles. The molecule has 0 saturated carbocycles. The number of hydrogen-bond donors (Lipinski definition) is 1. The Morgan fingerprint density at radius 1 is 1.46 bits per heavy atom. The minimum Gasteiger partial charge on any atom is -0.372 e. The lowest BCUT2D eigenvalue weighted by molar-refractivity contribution is 0.867. The summed E-state index contributed by atoms with van der Waals surface area (Å²) in [5.74, 6) is 0.531. The first kappa shape index (κ1) is 9.60. The van der Waals surface area contributed by atoms with Gasteiger partial charge in [-0.3, -0.25) is 0 Å². The Hall–Kier alpha value is -1.49. The van der Waals surface area contributed by atoms with E-state index in [9.17, 15) is 0 Å². The van der Waals surface area contributed by atoms with Crippen LogP contribution in [0.2, 0.25) is 0 Å². The predicted molar refractivity (Wildman–Crippen MR) is 54.6 cm³/mol. The van der Waals surface area contributed by atoms with E-state index in [-0.39, 0.29) is 0 Å². The zero-order valence-electron chi connectivity index (χ0n) is 8.04. The van der Waals surface area contributed by atoms with Crippen molar-refractivity contribution in [1.29, 1.82) is 5.26 Å². The first-order chi connectivity index (χ1) is 6.24. The van der Waals surface area contributed by atoms with Crippen molar-refractivity contribution in [1.82, 2.24) is 0 Å². The van der Waals surface area contributed by atoms with Gasteiger partial charge in [-0.2, -0.15) is 5.26 Å². The molecule has 0 aromatic heterocycles. The fourth-order valence-corrected chi connectivity index (χ4v) is 1.15. The highest BCUT2D eigenvalue weighted by atomic mass is 14.9. The van der Waals surface area contributed by atoms with Crippen molar-refractivity contribution in [3.05, 3.63) is 29.8 Å². The zero-order valence-corrected chi connectivity index (χ0v) is 8.04. The fourth-order valence-electron chi connectivity index (χ4n) is 1.15. The first-order valence-corrected chi connectivity index (χ1v) is 4.45. The van der Waals surface area contributed by atoms with Crippen LogP contribution < -0.4 is 5.32 Å². The average molecular weight is 174 g/mol. The van der Waals surface area contributed by atoms with Crippen LogP contribution in [0, 0.1) is 11.3 Å². The van der Waals surface area contributed by atoms with E-state index < -0.39 is 0 Å². The van der Waals surface area contributed by atoms with Gasteiger partial charge < -0.3 is 5.32 Å². The van der Waals surface area contributed by atoms with E-state index in [1.54, 1.807) is 0 Å². The fraction of sp³-hybridized carbons (Fsp3) is 0.364. The zero-order chi connectivity index (χ0) is 9.68. The minimum absolute atomic E-state index is 0.363. The van der Waals surface area contributed by atoms with E-state index in [0.29, 0.717) is 12.5 Å². The molecule has 0 spiro atoms. The van der Waals surface area contributed by atoms with E-state index in [1.807, 2.05) is 12.1 Å². The van der Waals surface area contributed by atoms with Gasteiger partial charge in [-0.15, -0.1) is 0 Å². The Kier molecular flexibility index (Phi) is 3.33. The van der Waals surface area contributed by atoms with Gasteiger partial charge >= 0.3 is 0 Å². The van der Waals surface area contributed by atoms with E-state index >= 15 is 0 Å². The first-order valence-electron chi connectivity index (χ1n) is 4.45. The number of nitriles is 1. The molecule has 68 valence electrons. The largest absolute Gasteiger partial charge is 0.372 e. The van der Waals surface area contributed by atoms with Crippen molar-refractivity contribution in [3.63, 3.8) is 0 Å². The lowest BCUT2D eigenvalue weighted by Crippen LogP contribution is -1.99. The topological polar surface area (TPSA) is 35.8 Å². The smallest absolute Gasteiger partial charge is 0.103 e.